The number of amides is 1. The molecule has 0 aromatic heterocycles. The highest BCUT2D eigenvalue weighted by Crippen LogP contribution is 2.24. The van der Waals surface area contributed by atoms with Crippen molar-refractivity contribution in [1.29, 1.82) is 0 Å². The van der Waals surface area contributed by atoms with Crippen molar-refractivity contribution >= 4 is 17.7 Å². The lowest BCUT2D eigenvalue weighted by atomic mass is 9.98. The lowest BCUT2D eigenvalue weighted by Crippen LogP contribution is -3.15. The Bertz CT molecular complexity index is 555. The Balaban J connectivity index is 1.49. The van der Waals surface area contributed by atoms with E-state index in [0.29, 0.717) is 17.0 Å². The molecule has 2 bridgehead atoms. The normalized spacial score (nSPS) is 30.3. The Morgan fingerprint density at radius 2 is 2.00 bits per heavy atom. The number of halogens is 2. The Labute approximate surface area is 133 Å². The summed E-state index contributed by atoms with van der Waals surface area (Å²) < 4.78 is 26.4. The monoisotopic (exact) mass is 327 g/mol. The highest BCUT2D eigenvalue weighted by molar-refractivity contribution is 8.00. The second kappa shape index (κ2) is 6.54. The second-order valence-electron chi connectivity index (χ2n) is 6.31. The van der Waals surface area contributed by atoms with Crippen molar-refractivity contribution in [3.8, 4) is 0 Å². The van der Waals surface area contributed by atoms with Crippen LogP contribution in [-0.2, 0) is 4.79 Å². The summed E-state index contributed by atoms with van der Waals surface area (Å²) in [4.78, 5) is 14.0. The van der Waals surface area contributed by atoms with Gasteiger partial charge in [-0.05, 0) is 12.1 Å². The fourth-order valence-corrected chi connectivity index (χ4v) is 4.44. The predicted molar refractivity (Wildman–Crippen MR) is 81.9 cm³/mol. The number of piperidine rings is 1. The van der Waals surface area contributed by atoms with Crippen LogP contribution in [0.25, 0.3) is 0 Å². The first-order chi connectivity index (χ1) is 10.5. The summed E-state index contributed by atoms with van der Waals surface area (Å²) in [6, 6.07) is 4.99. The van der Waals surface area contributed by atoms with Gasteiger partial charge in [-0.2, -0.15) is 0 Å². The minimum absolute atomic E-state index is 0.0716. The van der Waals surface area contributed by atoms with E-state index in [1.807, 2.05) is 0 Å². The molecule has 6 heteroatoms. The maximum absolute atomic E-state index is 13.5. The van der Waals surface area contributed by atoms with Gasteiger partial charge in [-0.25, -0.2) is 8.78 Å². The molecular formula is C16H21F2N2OS+. The number of thioether (sulfide) groups is 1. The molecular weight excluding hydrogens is 306 g/mol. The third-order valence-corrected chi connectivity index (χ3v) is 5.96. The number of hydrogen-bond acceptors (Lipinski definition) is 2. The van der Waals surface area contributed by atoms with Crippen molar-refractivity contribution in [2.75, 3.05) is 12.8 Å². The molecule has 3 nitrogen and oxygen atoms in total. The number of benzene rings is 1. The van der Waals surface area contributed by atoms with Crippen molar-refractivity contribution in [3.63, 3.8) is 0 Å². The summed E-state index contributed by atoms with van der Waals surface area (Å²) in [5.74, 6) is -1.12. The van der Waals surface area contributed by atoms with Crippen LogP contribution in [0.1, 0.15) is 25.7 Å². The standard InChI is InChI=1S/C16H20F2N2OS/c1-20-12-3-4-13(20)8-11(7-12)19-16(21)9-22-15-5-2-10(17)6-14(15)18/h2,5-6,11-13H,3-4,7-9H2,1H3,(H,19,21)/p+1/t11?,12-,13+. The maximum atomic E-state index is 13.5. The van der Waals surface area contributed by atoms with Crippen LogP contribution < -0.4 is 10.2 Å². The van der Waals surface area contributed by atoms with Crippen LogP contribution in [0.3, 0.4) is 0 Å². The quantitative estimate of drug-likeness (QED) is 0.819. The zero-order valence-corrected chi connectivity index (χ0v) is 13.4. The summed E-state index contributed by atoms with van der Waals surface area (Å²) in [7, 11) is 2.24. The molecule has 2 saturated heterocycles. The van der Waals surface area contributed by atoms with Gasteiger partial charge in [0.2, 0.25) is 5.91 Å². The van der Waals surface area contributed by atoms with E-state index in [2.05, 4.69) is 12.4 Å². The Morgan fingerprint density at radius 1 is 1.32 bits per heavy atom. The number of quaternary nitrogens is 1. The van der Waals surface area contributed by atoms with Crippen LogP contribution >= 0.6 is 11.8 Å². The fourth-order valence-electron chi connectivity index (χ4n) is 3.70. The van der Waals surface area contributed by atoms with E-state index < -0.39 is 11.6 Å². The van der Waals surface area contributed by atoms with Crippen LogP contribution in [0.15, 0.2) is 23.1 Å². The molecule has 0 spiro atoms. The number of carbonyl (C=O) groups excluding carboxylic acids is 1. The topological polar surface area (TPSA) is 33.5 Å². The summed E-state index contributed by atoms with van der Waals surface area (Å²) in [6.45, 7) is 0. The lowest BCUT2D eigenvalue weighted by molar-refractivity contribution is -0.922. The van der Waals surface area contributed by atoms with E-state index in [-0.39, 0.29) is 17.7 Å². The molecule has 1 aromatic rings. The van der Waals surface area contributed by atoms with E-state index >= 15 is 0 Å². The molecule has 120 valence electrons. The number of rotatable bonds is 4. The number of fused-ring (bicyclic) bond motifs is 2. The van der Waals surface area contributed by atoms with Crippen LogP contribution in [0.5, 0.6) is 0 Å². The van der Waals surface area contributed by atoms with Gasteiger partial charge in [-0.3, -0.25) is 4.79 Å². The molecule has 2 fully saturated rings. The minimum Gasteiger partial charge on any atom is -0.352 e. The maximum Gasteiger partial charge on any atom is 0.230 e. The first kappa shape index (κ1) is 15.7. The third kappa shape index (κ3) is 3.43. The zero-order chi connectivity index (χ0) is 15.7. The molecule has 1 amide bonds. The van der Waals surface area contributed by atoms with E-state index in [0.717, 1.165) is 30.7 Å². The van der Waals surface area contributed by atoms with Gasteiger partial charge in [0, 0.05) is 42.7 Å². The molecule has 0 aliphatic carbocycles. The molecule has 0 saturated carbocycles. The Hall–Kier alpha value is -1.14. The Kier molecular flexibility index (Phi) is 4.68. The van der Waals surface area contributed by atoms with E-state index in [9.17, 15) is 13.6 Å². The third-order valence-electron chi connectivity index (χ3n) is 4.91. The van der Waals surface area contributed by atoms with Crippen LogP contribution in [0, 0.1) is 11.6 Å². The average Bonchev–Trinajstić information content (AvgIpc) is 2.69. The largest absolute Gasteiger partial charge is 0.352 e. The van der Waals surface area contributed by atoms with Gasteiger partial charge in [0.25, 0.3) is 0 Å². The van der Waals surface area contributed by atoms with Gasteiger partial charge in [0.15, 0.2) is 0 Å². The van der Waals surface area contributed by atoms with Gasteiger partial charge >= 0.3 is 0 Å². The van der Waals surface area contributed by atoms with E-state index in [1.165, 1.54) is 25.0 Å². The van der Waals surface area contributed by atoms with Gasteiger partial charge in [-0.15, -0.1) is 11.8 Å². The molecule has 3 rings (SSSR count). The highest BCUT2D eigenvalue weighted by atomic mass is 32.2. The van der Waals surface area contributed by atoms with Crippen molar-refractivity contribution in [3.05, 3.63) is 29.8 Å². The van der Waals surface area contributed by atoms with Gasteiger partial charge in [0.1, 0.15) is 11.6 Å². The molecule has 22 heavy (non-hydrogen) atoms. The molecule has 1 aromatic carbocycles. The smallest absolute Gasteiger partial charge is 0.230 e. The number of nitrogens with one attached hydrogen (secondary N) is 2. The summed E-state index contributed by atoms with van der Waals surface area (Å²) in [5.41, 5.74) is 0. The highest BCUT2D eigenvalue weighted by Gasteiger charge is 2.42. The number of carbonyl (C=O) groups is 1. The van der Waals surface area contributed by atoms with Crippen LogP contribution in [0.2, 0.25) is 0 Å². The van der Waals surface area contributed by atoms with Crippen molar-refractivity contribution in [2.45, 2.75) is 48.7 Å². The lowest BCUT2D eigenvalue weighted by Gasteiger charge is -2.33. The van der Waals surface area contributed by atoms with Crippen molar-refractivity contribution in [2.24, 2.45) is 0 Å². The van der Waals surface area contributed by atoms with Gasteiger partial charge in [-0.1, -0.05) is 0 Å². The SMILES string of the molecule is C[NH+]1[C@@H]2CC[C@H]1CC(NC(=O)CSc1ccc(F)cc1F)C2. The molecule has 2 heterocycles. The first-order valence-electron chi connectivity index (χ1n) is 7.73. The molecule has 2 aliphatic rings. The molecule has 4 atom stereocenters. The summed E-state index contributed by atoms with van der Waals surface area (Å²) >= 11 is 1.11. The summed E-state index contributed by atoms with van der Waals surface area (Å²) in [5, 5.41) is 3.07. The number of hydrogen-bond donors (Lipinski definition) is 2. The van der Waals surface area contributed by atoms with Gasteiger partial charge in [0.05, 0.1) is 24.9 Å². The fraction of sp³-hybridized carbons (Fsp3) is 0.562. The Morgan fingerprint density at radius 3 is 2.64 bits per heavy atom. The molecule has 2 unspecified atom stereocenters. The summed E-state index contributed by atoms with van der Waals surface area (Å²) in [6.07, 6.45) is 4.56. The van der Waals surface area contributed by atoms with Crippen molar-refractivity contribution < 1.29 is 18.5 Å². The average molecular weight is 327 g/mol. The first-order valence-corrected chi connectivity index (χ1v) is 8.72. The molecule has 0 radical (unpaired) electrons. The second-order valence-corrected chi connectivity index (χ2v) is 7.33. The van der Waals surface area contributed by atoms with E-state index in [4.69, 9.17) is 0 Å². The van der Waals surface area contributed by atoms with Crippen LogP contribution in [0.4, 0.5) is 8.78 Å². The zero-order valence-electron chi connectivity index (χ0n) is 12.6. The van der Waals surface area contributed by atoms with E-state index in [1.54, 1.807) is 4.90 Å². The van der Waals surface area contributed by atoms with Gasteiger partial charge < -0.3 is 10.2 Å². The molecule has 2 N–H and O–H groups in total. The van der Waals surface area contributed by atoms with Crippen LogP contribution in [-0.4, -0.2) is 36.8 Å². The molecule has 2 aliphatic heterocycles. The van der Waals surface area contributed by atoms with Crippen molar-refractivity contribution in [1.82, 2.24) is 5.32 Å². The predicted octanol–water partition coefficient (Wildman–Crippen LogP) is 1.38. The minimum atomic E-state index is -0.612.